The zero-order valence-electron chi connectivity index (χ0n) is 24.1. The minimum atomic E-state index is -0.951. The van der Waals surface area contributed by atoms with Crippen molar-refractivity contribution in [1.82, 2.24) is 10.6 Å². The zero-order valence-corrected chi connectivity index (χ0v) is 24.1. The fourth-order valence-electron chi connectivity index (χ4n) is 4.29. The molecule has 3 rings (SSSR count). The van der Waals surface area contributed by atoms with Gasteiger partial charge in [-0.3, -0.25) is 19.3 Å². The van der Waals surface area contributed by atoms with Crippen LogP contribution in [0.4, 0.5) is 5.69 Å². The standard InChI is InChI=1S/C32H41N3O4/c1-8-22(4)24-15-17-26(18-16-24)35(28(36)20-33-30(37)27-10-9-19-39-27)29(31(38)34-32(5,6)7)25-13-11-23(12-14-25)21(2)3/h9-19,21-22,29H,8,20H2,1-7H3,(H,33,37)(H,34,38)/t22-,29+/m0/s1. The fraction of sp³-hybridized carbons (Fsp3) is 0.406. The average Bonchev–Trinajstić information content (AvgIpc) is 3.44. The van der Waals surface area contributed by atoms with E-state index >= 15 is 0 Å². The van der Waals surface area contributed by atoms with E-state index in [1.807, 2.05) is 69.3 Å². The topological polar surface area (TPSA) is 91.7 Å². The lowest BCUT2D eigenvalue weighted by molar-refractivity contribution is -0.127. The lowest BCUT2D eigenvalue weighted by Crippen LogP contribution is -2.51. The van der Waals surface area contributed by atoms with E-state index in [9.17, 15) is 14.4 Å². The van der Waals surface area contributed by atoms with Gasteiger partial charge in [-0.1, -0.05) is 64.1 Å². The molecule has 2 atom stereocenters. The number of nitrogens with zero attached hydrogens (tertiary/aromatic N) is 1. The predicted molar refractivity (Wildman–Crippen MR) is 155 cm³/mol. The Morgan fingerprint density at radius 2 is 1.46 bits per heavy atom. The molecule has 2 N–H and O–H groups in total. The number of furan rings is 1. The van der Waals surface area contributed by atoms with Crippen LogP contribution >= 0.6 is 0 Å². The molecular formula is C32H41N3O4. The summed E-state index contributed by atoms with van der Waals surface area (Å²) >= 11 is 0. The fourth-order valence-corrected chi connectivity index (χ4v) is 4.29. The summed E-state index contributed by atoms with van der Waals surface area (Å²) < 4.78 is 5.16. The van der Waals surface area contributed by atoms with Crippen LogP contribution in [-0.2, 0) is 9.59 Å². The molecule has 0 aliphatic carbocycles. The number of hydrogen-bond donors (Lipinski definition) is 2. The largest absolute Gasteiger partial charge is 0.459 e. The molecule has 1 heterocycles. The monoisotopic (exact) mass is 531 g/mol. The van der Waals surface area contributed by atoms with Gasteiger partial charge in [0.05, 0.1) is 12.8 Å². The van der Waals surface area contributed by atoms with Gasteiger partial charge in [0.1, 0.15) is 6.04 Å². The predicted octanol–water partition coefficient (Wildman–Crippen LogP) is 6.34. The molecule has 0 fully saturated rings. The summed E-state index contributed by atoms with van der Waals surface area (Å²) in [5, 5.41) is 5.69. The third-order valence-electron chi connectivity index (χ3n) is 6.69. The maximum absolute atomic E-state index is 13.9. The van der Waals surface area contributed by atoms with Crippen molar-refractivity contribution >= 4 is 23.4 Å². The molecule has 3 amide bonds. The summed E-state index contributed by atoms with van der Waals surface area (Å²) in [4.78, 5) is 41.7. The van der Waals surface area contributed by atoms with Gasteiger partial charge >= 0.3 is 0 Å². The van der Waals surface area contributed by atoms with Gasteiger partial charge in [0, 0.05) is 11.2 Å². The maximum Gasteiger partial charge on any atom is 0.287 e. The van der Waals surface area contributed by atoms with Gasteiger partial charge < -0.3 is 15.1 Å². The molecule has 0 spiro atoms. The van der Waals surface area contributed by atoms with Crippen molar-refractivity contribution in [1.29, 1.82) is 0 Å². The second-order valence-electron chi connectivity index (χ2n) is 11.3. The number of rotatable bonds is 10. The van der Waals surface area contributed by atoms with Crippen molar-refractivity contribution in [3.63, 3.8) is 0 Å². The van der Waals surface area contributed by atoms with Crippen LogP contribution in [0.25, 0.3) is 0 Å². The van der Waals surface area contributed by atoms with Gasteiger partial charge in [-0.05, 0) is 80.0 Å². The molecule has 0 bridgehead atoms. The second-order valence-corrected chi connectivity index (χ2v) is 11.3. The van der Waals surface area contributed by atoms with Crippen molar-refractivity contribution < 1.29 is 18.8 Å². The summed E-state index contributed by atoms with van der Waals surface area (Å²) in [5.41, 5.74) is 3.02. The molecule has 0 saturated heterocycles. The summed E-state index contributed by atoms with van der Waals surface area (Å²) in [6.07, 6.45) is 2.38. The van der Waals surface area contributed by atoms with Crippen LogP contribution in [0, 0.1) is 0 Å². The molecule has 208 valence electrons. The Labute approximate surface area is 232 Å². The maximum atomic E-state index is 13.9. The third-order valence-corrected chi connectivity index (χ3v) is 6.69. The van der Waals surface area contributed by atoms with Gasteiger partial charge in [0.15, 0.2) is 5.76 Å². The first-order valence-corrected chi connectivity index (χ1v) is 13.6. The van der Waals surface area contributed by atoms with Crippen molar-refractivity contribution in [2.75, 3.05) is 11.4 Å². The van der Waals surface area contributed by atoms with Gasteiger partial charge in [-0.25, -0.2) is 0 Å². The van der Waals surface area contributed by atoms with E-state index in [-0.39, 0.29) is 18.2 Å². The number of amides is 3. The molecule has 0 radical (unpaired) electrons. The minimum absolute atomic E-state index is 0.110. The van der Waals surface area contributed by atoms with Gasteiger partial charge in [-0.2, -0.15) is 0 Å². The molecule has 7 nitrogen and oxygen atoms in total. The number of carbonyl (C=O) groups is 3. The van der Waals surface area contributed by atoms with Crippen LogP contribution < -0.4 is 15.5 Å². The lowest BCUT2D eigenvalue weighted by atomic mass is 9.95. The highest BCUT2D eigenvalue weighted by atomic mass is 16.3. The lowest BCUT2D eigenvalue weighted by Gasteiger charge is -2.34. The molecule has 0 aliphatic rings. The summed E-state index contributed by atoms with van der Waals surface area (Å²) in [6, 6.07) is 17.7. The van der Waals surface area contributed by atoms with Crippen LogP contribution in [-0.4, -0.2) is 29.8 Å². The van der Waals surface area contributed by atoms with Crippen LogP contribution in [0.15, 0.2) is 71.3 Å². The molecular weight excluding hydrogens is 490 g/mol. The number of carbonyl (C=O) groups excluding carboxylic acids is 3. The van der Waals surface area contributed by atoms with E-state index < -0.39 is 23.4 Å². The third kappa shape index (κ3) is 7.82. The van der Waals surface area contributed by atoms with Crippen LogP contribution in [0.1, 0.15) is 100 Å². The summed E-state index contributed by atoms with van der Waals surface area (Å²) in [5.74, 6) is -0.441. The van der Waals surface area contributed by atoms with Crippen LogP contribution in [0.3, 0.4) is 0 Å². The van der Waals surface area contributed by atoms with E-state index in [0.717, 1.165) is 17.5 Å². The number of nitrogens with one attached hydrogen (secondary N) is 2. The highest BCUT2D eigenvalue weighted by Gasteiger charge is 2.34. The molecule has 0 unspecified atom stereocenters. The van der Waals surface area contributed by atoms with Crippen molar-refractivity contribution in [3.8, 4) is 0 Å². The Hall–Kier alpha value is -3.87. The quantitative estimate of drug-likeness (QED) is 0.320. The Morgan fingerprint density at radius 3 is 1.97 bits per heavy atom. The SMILES string of the molecule is CC[C@H](C)c1ccc(N(C(=O)CNC(=O)c2ccco2)[C@@H](C(=O)NC(C)(C)C)c2ccc(C(C)C)cc2)cc1. The highest BCUT2D eigenvalue weighted by Crippen LogP contribution is 2.31. The first-order chi connectivity index (χ1) is 18.4. The average molecular weight is 532 g/mol. The Bertz CT molecular complexity index is 1240. The molecule has 3 aromatic rings. The first kappa shape index (κ1) is 29.7. The highest BCUT2D eigenvalue weighted by molar-refractivity contribution is 6.04. The van der Waals surface area contributed by atoms with E-state index in [0.29, 0.717) is 23.1 Å². The first-order valence-electron chi connectivity index (χ1n) is 13.6. The molecule has 2 aromatic carbocycles. The number of benzene rings is 2. The van der Waals surface area contributed by atoms with E-state index in [1.54, 1.807) is 6.07 Å². The van der Waals surface area contributed by atoms with Gasteiger partial charge in [0.2, 0.25) is 11.8 Å². The van der Waals surface area contributed by atoms with E-state index in [4.69, 9.17) is 4.42 Å². The molecule has 0 aliphatic heterocycles. The summed E-state index contributed by atoms with van der Waals surface area (Å²) in [7, 11) is 0. The van der Waals surface area contributed by atoms with Gasteiger partial charge in [0.25, 0.3) is 5.91 Å². The Balaban J connectivity index is 2.06. The zero-order chi connectivity index (χ0) is 28.7. The number of hydrogen-bond acceptors (Lipinski definition) is 4. The smallest absolute Gasteiger partial charge is 0.287 e. The van der Waals surface area contributed by atoms with E-state index in [2.05, 4.69) is 38.3 Å². The molecule has 39 heavy (non-hydrogen) atoms. The van der Waals surface area contributed by atoms with Crippen molar-refractivity contribution in [2.45, 2.75) is 78.3 Å². The van der Waals surface area contributed by atoms with Crippen molar-refractivity contribution in [3.05, 3.63) is 89.4 Å². The minimum Gasteiger partial charge on any atom is -0.459 e. The summed E-state index contributed by atoms with van der Waals surface area (Å²) in [6.45, 7) is 13.9. The van der Waals surface area contributed by atoms with E-state index in [1.165, 1.54) is 17.2 Å². The van der Waals surface area contributed by atoms with Crippen LogP contribution in [0.5, 0.6) is 0 Å². The molecule has 7 heteroatoms. The van der Waals surface area contributed by atoms with Crippen LogP contribution in [0.2, 0.25) is 0 Å². The Morgan fingerprint density at radius 1 is 0.872 bits per heavy atom. The molecule has 1 aromatic heterocycles. The normalized spacial score (nSPS) is 13.0. The number of anilines is 1. The van der Waals surface area contributed by atoms with Crippen molar-refractivity contribution in [2.24, 2.45) is 0 Å². The second kappa shape index (κ2) is 12.8. The Kier molecular flexibility index (Phi) is 9.73. The van der Waals surface area contributed by atoms with Gasteiger partial charge in [-0.15, -0.1) is 0 Å². The molecule has 0 saturated carbocycles.